The minimum absolute atomic E-state index is 0.0661. The van der Waals surface area contributed by atoms with Gasteiger partial charge in [-0.3, -0.25) is 0 Å². The van der Waals surface area contributed by atoms with Gasteiger partial charge >= 0.3 is 6.03 Å². The van der Waals surface area contributed by atoms with Gasteiger partial charge in [0.1, 0.15) is 6.54 Å². The first-order valence-electron chi connectivity index (χ1n) is 8.38. The highest BCUT2D eigenvalue weighted by Crippen LogP contribution is 1.96. The molecule has 0 saturated heterocycles. The van der Waals surface area contributed by atoms with E-state index in [2.05, 4.69) is 52.8 Å². The molecule has 0 aromatic carbocycles. The Labute approximate surface area is 137 Å². The fourth-order valence-electron chi connectivity index (χ4n) is 1.96. The van der Waals surface area contributed by atoms with Gasteiger partial charge in [0, 0.05) is 19.6 Å². The molecule has 0 aromatic heterocycles. The zero-order valence-electron chi connectivity index (χ0n) is 15.6. The van der Waals surface area contributed by atoms with Crippen molar-refractivity contribution in [3.05, 3.63) is 0 Å². The standard InChI is InChI=1S/C16H37N4O2/c1-7-14-22-15-13-20(5,6)12-10-18-16(21)17-9-8-11-19(2,3)4/h7-15H2,1-6H3,(H-,17,18,21)/q+1/p+1. The summed E-state index contributed by atoms with van der Waals surface area (Å²) in [6.07, 6.45) is 2.05. The Morgan fingerprint density at radius 2 is 1.55 bits per heavy atom. The quantitative estimate of drug-likeness (QED) is 0.415. The van der Waals surface area contributed by atoms with Crippen molar-refractivity contribution in [3.8, 4) is 0 Å². The lowest BCUT2D eigenvalue weighted by Crippen LogP contribution is -2.48. The van der Waals surface area contributed by atoms with E-state index in [1.54, 1.807) is 0 Å². The Kier molecular flexibility index (Phi) is 10.4. The Bertz CT molecular complexity index is 301. The first kappa shape index (κ1) is 21.1. The number of rotatable bonds is 12. The third-order valence-electron chi connectivity index (χ3n) is 3.48. The molecule has 6 nitrogen and oxygen atoms in total. The molecule has 0 fully saturated rings. The van der Waals surface area contributed by atoms with Crippen LogP contribution in [0.2, 0.25) is 0 Å². The molecule has 0 aliphatic rings. The zero-order chi connectivity index (χ0) is 17.1. The summed E-state index contributed by atoms with van der Waals surface area (Å²) in [6, 6.07) is -0.0661. The molecule has 132 valence electrons. The number of hydrogen-bond acceptors (Lipinski definition) is 2. The molecule has 0 bridgehead atoms. The van der Waals surface area contributed by atoms with Crippen LogP contribution in [0, 0.1) is 0 Å². The van der Waals surface area contributed by atoms with Gasteiger partial charge in [-0.2, -0.15) is 0 Å². The van der Waals surface area contributed by atoms with Crippen LogP contribution in [0.25, 0.3) is 0 Å². The van der Waals surface area contributed by atoms with E-state index in [9.17, 15) is 4.79 Å². The van der Waals surface area contributed by atoms with Crippen molar-refractivity contribution >= 4 is 6.03 Å². The second-order valence-electron chi connectivity index (χ2n) is 7.55. The van der Waals surface area contributed by atoms with Crippen molar-refractivity contribution in [2.45, 2.75) is 19.8 Å². The van der Waals surface area contributed by atoms with E-state index in [4.69, 9.17) is 4.74 Å². The van der Waals surface area contributed by atoms with Gasteiger partial charge in [0.25, 0.3) is 0 Å². The fourth-order valence-corrected chi connectivity index (χ4v) is 1.96. The average Bonchev–Trinajstić information content (AvgIpc) is 2.38. The minimum atomic E-state index is -0.0661. The number of ether oxygens (including phenoxy) is 1. The number of amides is 2. The molecule has 0 unspecified atom stereocenters. The van der Waals surface area contributed by atoms with Gasteiger partial charge in [0.05, 0.1) is 61.5 Å². The molecule has 0 aliphatic carbocycles. The summed E-state index contributed by atoms with van der Waals surface area (Å²) in [4.78, 5) is 11.7. The van der Waals surface area contributed by atoms with E-state index in [0.717, 1.165) is 61.2 Å². The maximum absolute atomic E-state index is 11.7. The lowest BCUT2D eigenvalue weighted by molar-refractivity contribution is -0.889. The normalized spacial score (nSPS) is 12.3. The van der Waals surface area contributed by atoms with Gasteiger partial charge in [-0.05, 0) is 6.42 Å². The van der Waals surface area contributed by atoms with Crippen molar-refractivity contribution in [1.29, 1.82) is 0 Å². The van der Waals surface area contributed by atoms with Crippen LogP contribution in [0.15, 0.2) is 0 Å². The molecule has 0 heterocycles. The molecule has 0 radical (unpaired) electrons. The molecule has 2 amide bonds. The molecular weight excluding hydrogens is 280 g/mol. The summed E-state index contributed by atoms with van der Waals surface area (Å²) in [7, 11) is 10.8. The molecule has 0 rings (SSSR count). The first-order valence-corrected chi connectivity index (χ1v) is 8.38. The topological polar surface area (TPSA) is 50.4 Å². The number of nitrogens with one attached hydrogen (secondary N) is 2. The van der Waals surface area contributed by atoms with Gasteiger partial charge < -0.3 is 24.3 Å². The maximum atomic E-state index is 11.7. The molecule has 0 aliphatic heterocycles. The van der Waals surface area contributed by atoms with Crippen molar-refractivity contribution < 1.29 is 18.5 Å². The van der Waals surface area contributed by atoms with Crippen LogP contribution in [-0.4, -0.2) is 96.2 Å². The van der Waals surface area contributed by atoms with Crippen LogP contribution >= 0.6 is 0 Å². The Morgan fingerprint density at radius 1 is 0.909 bits per heavy atom. The Hall–Kier alpha value is -0.850. The van der Waals surface area contributed by atoms with E-state index >= 15 is 0 Å². The van der Waals surface area contributed by atoms with Gasteiger partial charge in [-0.1, -0.05) is 6.92 Å². The monoisotopic (exact) mass is 318 g/mol. The van der Waals surface area contributed by atoms with Crippen molar-refractivity contribution in [2.24, 2.45) is 0 Å². The van der Waals surface area contributed by atoms with E-state index in [1.807, 2.05) is 0 Å². The molecule has 0 aromatic rings. The Balaban J connectivity index is 3.65. The number of quaternary nitrogens is 2. The van der Waals surface area contributed by atoms with E-state index in [-0.39, 0.29) is 6.03 Å². The van der Waals surface area contributed by atoms with Gasteiger partial charge in [-0.25, -0.2) is 4.79 Å². The SMILES string of the molecule is CCCOCC[N+](C)(C)CCNC(=O)NCCC[N+](C)(C)C. The number of hydrogen-bond donors (Lipinski definition) is 2. The van der Waals surface area contributed by atoms with Gasteiger partial charge in [0.15, 0.2) is 0 Å². The van der Waals surface area contributed by atoms with E-state index in [1.165, 1.54) is 0 Å². The predicted octanol–water partition coefficient (Wildman–Crippen LogP) is 0.885. The zero-order valence-corrected chi connectivity index (χ0v) is 15.6. The van der Waals surface area contributed by atoms with Crippen LogP contribution in [-0.2, 0) is 4.74 Å². The van der Waals surface area contributed by atoms with Crippen molar-refractivity contribution in [2.75, 3.05) is 81.2 Å². The highest BCUT2D eigenvalue weighted by Gasteiger charge is 2.14. The molecule has 6 heteroatoms. The maximum Gasteiger partial charge on any atom is 0.315 e. The summed E-state index contributed by atoms with van der Waals surface area (Å²) in [5, 5.41) is 5.84. The molecule has 0 saturated carbocycles. The van der Waals surface area contributed by atoms with E-state index < -0.39 is 0 Å². The minimum Gasteiger partial charge on any atom is -0.376 e. The molecular formula is C16H38N4O2+2. The smallest absolute Gasteiger partial charge is 0.315 e. The van der Waals surface area contributed by atoms with Crippen LogP contribution in [0.1, 0.15) is 19.8 Å². The second-order valence-corrected chi connectivity index (χ2v) is 7.55. The lowest BCUT2D eigenvalue weighted by Gasteiger charge is -2.29. The Morgan fingerprint density at radius 3 is 2.14 bits per heavy atom. The van der Waals surface area contributed by atoms with Crippen LogP contribution < -0.4 is 10.6 Å². The molecule has 2 N–H and O–H groups in total. The van der Waals surface area contributed by atoms with Gasteiger partial charge in [-0.15, -0.1) is 0 Å². The first-order chi connectivity index (χ1) is 10.2. The predicted molar refractivity (Wildman–Crippen MR) is 91.9 cm³/mol. The number of urea groups is 1. The second kappa shape index (κ2) is 10.8. The third kappa shape index (κ3) is 14.1. The number of nitrogens with zero attached hydrogens (tertiary/aromatic N) is 2. The van der Waals surface area contributed by atoms with Gasteiger partial charge in [0.2, 0.25) is 0 Å². The lowest BCUT2D eigenvalue weighted by atomic mass is 10.3. The molecule has 0 atom stereocenters. The summed E-state index contributed by atoms with van der Waals surface area (Å²) >= 11 is 0. The van der Waals surface area contributed by atoms with Crippen LogP contribution in [0.5, 0.6) is 0 Å². The molecule has 0 spiro atoms. The highest BCUT2D eigenvalue weighted by molar-refractivity contribution is 5.73. The summed E-state index contributed by atoms with van der Waals surface area (Å²) in [5.74, 6) is 0. The van der Waals surface area contributed by atoms with Crippen LogP contribution in [0.4, 0.5) is 4.79 Å². The highest BCUT2D eigenvalue weighted by atomic mass is 16.5. The van der Waals surface area contributed by atoms with Crippen LogP contribution in [0.3, 0.4) is 0 Å². The van der Waals surface area contributed by atoms with Crippen molar-refractivity contribution in [1.82, 2.24) is 10.6 Å². The average molecular weight is 319 g/mol. The van der Waals surface area contributed by atoms with E-state index in [0.29, 0.717) is 6.54 Å². The summed E-state index contributed by atoms with van der Waals surface area (Å²) in [6.45, 7) is 8.05. The fraction of sp³-hybridized carbons (Fsp3) is 0.938. The third-order valence-corrected chi connectivity index (χ3v) is 3.48. The largest absolute Gasteiger partial charge is 0.376 e. The number of likely N-dealkylation sites (N-methyl/N-ethyl adjacent to an activating group) is 1. The summed E-state index contributed by atoms with van der Waals surface area (Å²) < 4.78 is 7.30. The number of carbonyl (C=O) groups excluding carboxylic acids is 1. The molecule has 22 heavy (non-hydrogen) atoms. The van der Waals surface area contributed by atoms with Crippen molar-refractivity contribution in [3.63, 3.8) is 0 Å². The number of carbonyl (C=O) groups is 1. The summed E-state index contributed by atoms with van der Waals surface area (Å²) in [5.41, 5.74) is 0.